The van der Waals surface area contributed by atoms with Gasteiger partial charge in [-0.2, -0.15) is 0 Å². The van der Waals surface area contributed by atoms with Gasteiger partial charge in [0.2, 0.25) is 0 Å². The zero-order chi connectivity index (χ0) is 9.94. The third kappa shape index (κ3) is 2.84. The monoisotopic (exact) mass is 196 g/mol. The molecule has 13 heavy (non-hydrogen) atoms. The number of aliphatic carboxylic acids is 2. The number of hydrogen-bond donors (Lipinski definition) is 0. The van der Waals surface area contributed by atoms with Gasteiger partial charge < -0.3 is 19.8 Å². The van der Waals surface area contributed by atoms with Gasteiger partial charge in [-0.1, -0.05) is 20.3 Å². The standard InChI is InChI=1S/C8H14O4.Mg/c1-4-5(2)8(3,6(9)10)7(11)12;/h5H,4H2,1-3H3,(H,9,10)(H,11,12);/q;+2/p-2. The SMILES string of the molecule is CCC(C)C(C)(C(=O)[O-])C(=O)[O-].[Mg+2]. The normalized spacial score (nSPS) is 12.8. The minimum atomic E-state index is -1.88. The summed E-state index contributed by atoms with van der Waals surface area (Å²) in [4.78, 5) is 21.1. The maximum atomic E-state index is 10.5. The van der Waals surface area contributed by atoms with Crippen LogP contribution in [-0.4, -0.2) is 35.0 Å². The summed E-state index contributed by atoms with van der Waals surface area (Å²) in [6.45, 7) is 4.38. The smallest absolute Gasteiger partial charge is 0.549 e. The molecule has 0 aliphatic rings. The summed E-state index contributed by atoms with van der Waals surface area (Å²) < 4.78 is 0. The van der Waals surface area contributed by atoms with E-state index < -0.39 is 23.3 Å². The van der Waals surface area contributed by atoms with Crippen molar-refractivity contribution in [1.82, 2.24) is 0 Å². The molecule has 0 amide bonds. The Kier molecular flexibility index (Phi) is 6.36. The first-order chi connectivity index (χ1) is 5.37. The van der Waals surface area contributed by atoms with Crippen molar-refractivity contribution in [2.75, 3.05) is 0 Å². The van der Waals surface area contributed by atoms with E-state index >= 15 is 0 Å². The van der Waals surface area contributed by atoms with Gasteiger partial charge in [0.25, 0.3) is 0 Å². The van der Waals surface area contributed by atoms with E-state index in [4.69, 9.17) is 0 Å². The van der Waals surface area contributed by atoms with Crippen LogP contribution in [0.4, 0.5) is 0 Å². The summed E-state index contributed by atoms with van der Waals surface area (Å²) >= 11 is 0. The van der Waals surface area contributed by atoms with E-state index in [1.54, 1.807) is 13.8 Å². The third-order valence-corrected chi connectivity index (χ3v) is 2.45. The van der Waals surface area contributed by atoms with Crippen molar-refractivity contribution in [1.29, 1.82) is 0 Å². The first-order valence-electron chi connectivity index (χ1n) is 3.80. The van der Waals surface area contributed by atoms with E-state index in [-0.39, 0.29) is 23.1 Å². The molecule has 0 aromatic rings. The van der Waals surface area contributed by atoms with Gasteiger partial charge in [-0.25, -0.2) is 0 Å². The number of carbonyl (C=O) groups is 2. The second-order valence-electron chi connectivity index (χ2n) is 3.09. The Morgan fingerprint density at radius 2 is 1.62 bits per heavy atom. The fourth-order valence-electron chi connectivity index (χ4n) is 0.894. The van der Waals surface area contributed by atoms with Crippen LogP contribution in [0.3, 0.4) is 0 Å². The van der Waals surface area contributed by atoms with Gasteiger partial charge >= 0.3 is 23.1 Å². The maximum absolute atomic E-state index is 10.5. The van der Waals surface area contributed by atoms with E-state index in [1.165, 1.54) is 0 Å². The molecule has 0 heterocycles. The van der Waals surface area contributed by atoms with Crippen LogP contribution in [0.2, 0.25) is 0 Å². The molecule has 5 heteroatoms. The van der Waals surface area contributed by atoms with Gasteiger partial charge in [-0.05, 0) is 12.8 Å². The number of carboxylic acids is 2. The van der Waals surface area contributed by atoms with Gasteiger partial charge in [-0.3, -0.25) is 0 Å². The number of carboxylic acid groups (broad SMARTS) is 2. The van der Waals surface area contributed by atoms with E-state index in [1.807, 2.05) is 0 Å². The maximum Gasteiger partial charge on any atom is 2.00 e. The van der Waals surface area contributed by atoms with Crippen LogP contribution >= 0.6 is 0 Å². The van der Waals surface area contributed by atoms with Crippen LogP contribution in [0.1, 0.15) is 27.2 Å². The Morgan fingerprint density at radius 1 is 1.31 bits per heavy atom. The summed E-state index contributed by atoms with van der Waals surface area (Å²) in [5.74, 6) is -3.67. The quantitative estimate of drug-likeness (QED) is 0.391. The van der Waals surface area contributed by atoms with Crippen LogP contribution in [0.25, 0.3) is 0 Å². The van der Waals surface area contributed by atoms with Crippen molar-refractivity contribution in [2.45, 2.75) is 27.2 Å². The molecular formula is C8H12MgO4. The van der Waals surface area contributed by atoms with Crippen molar-refractivity contribution < 1.29 is 19.8 Å². The van der Waals surface area contributed by atoms with Crippen molar-refractivity contribution in [3.8, 4) is 0 Å². The average Bonchev–Trinajstić information content (AvgIpc) is 2.00. The molecule has 0 radical (unpaired) electrons. The molecular weight excluding hydrogens is 184 g/mol. The molecule has 0 aromatic heterocycles. The predicted octanol–water partition coefficient (Wildman–Crippen LogP) is -1.84. The zero-order valence-electron chi connectivity index (χ0n) is 8.12. The van der Waals surface area contributed by atoms with Crippen molar-refractivity contribution >= 4 is 35.0 Å². The first kappa shape index (κ1) is 15.2. The molecule has 0 spiro atoms. The molecule has 0 aliphatic carbocycles. The molecule has 0 saturated carbocycles. The van der Waals surface area contributed by atoms with Crippen LogP contribution in [0.5, 0.6) is 0 Å². The van der Waals surface area contributed by atoms with Crippen LogP contribution in [0.15, 0.2) is 0 Å². The molecule has 0 rings (SSSR count). The van der Waals surface area contributed by atoms with Gasteiger partial charge in [0.1, 0.15) is 0 Å². The van der Waals surface area contributed by atoms with Crippen LogP contribution in [0, 0.1) is 11.3 Å². The van der Waals surface area contributed by atoms with E-state index in [0.717, 1.165) is 6.92 Å². The van der Waals surface area contributed by atoms with Gasteiger partial charge in [0.05, 0.1) is 11.9 Å². The molecule has 4 nitrogen and oxygen atoms in total. The molecule has 1 atom stereocenters. The fourth-order valence-corrected chi connectivity index (χ4v) is 0.894. The van der Waals surface area contributed by atoms with Gasteiger partial charge in [0.15, 0.2) is 0 Å². The van der Waals surface area contributed by atoms with Crippen molar-refractivity contribution in [2.24, 2.45) is 11.3 Å². The van der Waals surface area contributed by atoms with Gasteiger partial charge in [0, 0.05) is 5.41 Å². The second-order valence-corrected chi connectivity index (χ2v) is 3.09. The molecule has 0 bridgehead atoms. The molecule has 0 saturated heterocycles. The molecule has 1 unspecified atom stereocenters. The summed E-state index contributed by atoms with van der Waals surface area (Å²) in [5, 5.41) is 21.1. The Hall–Kier alpha value is -0.294. The van der Waals surface area contributed by atoms with E-state index in [2.05, 4.69) is 0 Å². The number of hydrogen-bond acceptors (Lipinski definition) is 4. The van der Waals surface area contributed by atoms with Crippen LogP contribution in [-0.2, 0) is 9.59 Å². The minimum Gasteiger partial charge on any atom is -0.549 e. The minimum absolute atomic E-state index is 0. The van der Waals surface area contributed by atoms with Gasteiger partial charge in [-0.15, -0.1) is 0 Å². The van der Waals surface area contributed by atoms with Crippen molar-refractivity contribution in [3.05, 3.63) is 0 Å². The molecule has 0 fully saturated rings. The van der Waals surface area contributed by atoms with Crippen molar-refractivity contribution in [3.63, 3.8) is 0 Å². The van der Waals surface area contributed by atoms with Crippen LogP contribution < -0.4 is 10.2 Å². The molecule has 0 aromatic carbocycles. The topological polar surface area (TPSA) is 80.3 Å². The summed E-state index contributed by atoms with van der Waals surface area (Å²) in [6.07, 6.45) is 0.457. The molecule has 70 valence electrons. The summed E-state index contributed by atoms with van der Waals surface area (Å²) in [6, 6.07) is 0. The Labute approximate surface area is 93.5 Å². The van der Waals surface area contributed by atoms with E-state index in [9.17, 15) is 19.8 Å². The second kappa shape index (κ2) is 5.44. The average molecular weight is 196 g/mol. The third-order valence-electron chi connectivity index (χ3n) is 2.45. The predicted molar refractivity (Wildman–Crippen MR) is 43.3 cm³/mol. The molecule has 0 N–H and O–H groups in total. The Bertz CT molecular complexity index is 188. The number of rotatable bonds is 4. The van der Waals surface area contributed by atoms with E-state index in [0.29, 0.717) is 6.42 Å². The first-order valence-corrected chi connectivity index (χ1v) is 3.80. The molecule has 0 aliphatic heterocycles. The largest absolute Gasteiger partial charge is 2.00 e. The Balaban J connectivity index is 0. The summed E-state index contributed by atoms with van der Waals surface area (Å²) in [5.41, 5.74) is -1.88. The summed E-state index contributed by atoms with van der Waals surface area (Å²) in [7, 11) is 0. The Morgan fingerprint density at radius 3 is 1.69 bits per heavy atom. The zero-order valence-corrected chi connectivity index (χ0v) is 9.54. The fraction of sp³-hybridized carbons (Fsp3) is 0.750. The number of carbonyl (C=O) groups excluding carboxylic acids is 2.